The van der Waals surface area contributed by atoms with Gasteiger partial charge in [-0.3, -0.25) is 10.1 Å². The van der Waals surface area contributed by atoms with Crippen molar-refractivity contribution in [2.75, 3.05) is 32.7 Å². The summed E-state index contributed by atoms with van der Waals surface area (Å²) >= 11 is 0. The van der Waals surface area contributed by atoms with Crippen molar-refractivity contribution >= 4 is 15.7 Å². The van der Waals surface area contributed by atoms with Crippen LogP contribution in [0.15, 0.2) is 33.6 Å². The molecule has 0 atom stereocenters. The molecule has 10 nitrogen and oxygen atoms in total. The molecule has 0 aliphatic carbocycles. The Balaban J connectivity index is 1.59. The third-order valence-electron chi connectivity index (χ3n) is 4.21. The number of aromatic nitrogens is 2. The third-order valence-corrected chi connectivity index (χ3v) is 6.10. The predicted octanol–water partition coefficient (Wildman–Crippen LogP) is 0.835. The molecular weight excluding hydrogens is 362 g/mol. The van der Waals surface area contributed by atoms with E-state index in [0.717, 1.165) is 6.07 Å². The number of nitro benzene ring substituents is 1. The molecule has 2 aromatic rings. The topological polar surface area (TPSA) is 123 Å². The Morgan fingerprint density at radius 1 is 1.23 bits per heavy atom. The number of piperazine rings is 1. The predicted molar refractivity (Wildman–Crippen MR) is 91.0 cm³/mol. The van der Waals surface area contributed by atoms with E-state index in [0.29, 0.717) is 50.9 Å². The number of rotatable bonds is 6. The van der Waals surface area contributed by atoms with E-state index < -0.39 is 14.9 Å². The van der Waals surface area contributed by atoms with Gasteiger partial charge in [0.25, 0.3) is 5.69 Å². The molecule has 0 unspecified atom stereocenters. The van der Waals surface area contributed by atoms with Gasteiger partial charge in [-0.2, -0.15) is 4.31 Å². The highest BCUT2D eigenvalue weighted by atomic mass is 32.2. The lowest BCUT2D eigenvalue weighted by atomic mass is 10.3. The maximum Gasteiger partial charge on any atom is 0.270 e. The van der Waals surface area contributed by atoms with E-state index in [2.05, 4.69) is 15.1 Å². The molecule has 0 radical (unpaired) electrons. The second-order valence-electron chi connectivity index (χ2n) is 5.97. The molecular formula is C15H19N5O5S. The average Bonchev–Trinajstić information content (AvgIpc) is 3.06. The summed E-state index contributed by atoms with van der Waals surface area (Å²) in [7, 11) is -3.74. The van der Waals surface area contributed by atoms with Gasteiger partial charge in [0.15, 0.2) is 0 Å². The molecule has 0 amide bonds. The van der Waals surface area contributed by atoms with Gasteiger partial charge in [-0.15, -0.1) is 10.2 Å². The minimum absolute atomic E-state index is 0.0542. The molecule has 0 N–H and O–H groups in total. The summed E-state index contributed by atoms with van der Waals surface area (Å²) in [6, 6.07) is 5.14. The van der Waals surface area contributed by atoms with Crippen LogP contribution in [0, 0.1) is 17.0 Å². The van der Waals surface area contributed by atoms with Crippen LogP contribution >= 0.6 is 0 Å². The second kappa shape index (κ2) is 7.48. The van der Waals surface area contributed by atoms with E-state index in [9.17, 15) is 18.5 Å². The summed E-state index contributed by atoms with van der Waals surface area (Å²) in [6.07, 6.45) is 0.610. The lowest BCUT2D eigenvalue weighted by molar-refractivity contribution is -0.385. The lowest BCUT2D eigenvalue weighted by Crippen LogP contribution is -2.49. The molecule has 2 heterocycles. The van der Waals surface area contributed by atoms with Gasteiger partial charge in [-0.05, 0) is 6.07 Å². The fourth-order valence-corrected chi connectivity index (χ4v) is 4.25. The summed E-state index contributed by atoms with van der Waals surface area (Å²) in [6.45, 7) is 4.23. The molecule has 1 aromatic heterocycles. The summed E-state index contributed by atoms with van der Waals surface area (Å²) in [5.41, 5.74) is -0.237. The number of nitrogens with zero attached hydrogens (tertiary/aromatic N) is 5. The molecule has 0 bridgehead atoms. The average molecular weight is 381 g/mol. The first kappa shape index (κ1) is 18.4. The van der Waals surface area contributed by atoms with Crippen LogP contribution in [0.1, 0.15) is 11.8 Å². The molecule has 0 spiro atoms. The Labute approximate surface area is 150 Å². The van der Waals surface area contributed by atoms with Crippen molar-refractivity contribution in [2.45, 2.75) is 18.2 Å². The Bertz CT molecular complexity index is 889. The van der Waals surface area contributed by atoms with Crippen LogP contribution in [-0.4, -0.2) is 65.5 Å². The highest BCUT2D eigenvalue weighted by Crippen LogP contribution is 2.22. The SMILES string of the molecule is Cc1nnc(CCN2CCN(S(=O)(=O)c3cccc([N+](=O)[O-])c3)CC2)o1. The largest absolute Gasteiger partial charge is 0.426 e. The quantitative estimate of drug-likeness (QED) is 0.533. The van der Waals surface area contributed by atoms with Crippen molar-refractivity contribution in [3.05, 3.63) is 46.2 Å². The number of non-ortho nitro benzene ring substituents is 1. The monoisotopic (exact) mass is 381 g/mol. The standard InChI is InChI=1S/C15H19N5O5S/c1-12-16-17-15(25-12)5-6-18-7-9-19(10-8-18)26(23,24)14-4-2-3-13(11-14)20(21)22/h2-4,11H,5-10H2,1H3. The molecule has 1 aliphatic heterocycles. The van der Waals surface area contributed by atoms with E-state index in [4.69, 9.17) is 4.42 Å². The van der Waals surface area contributed by atoms with Crippen molar-refractivity contribution in [1.82, 2.24) is 19.4 Å². The van der Waals surface area contributed by atoms with Crippen molar-refractivity contribution in [1.29, 1.82) is 0 Å². The molecule has 140 valence electrons. The van der Waals surface area contributed by atoms with E-state index >= 15 is 0 Å². The maximum absolute atomic E-state index is 12.7. The molecule has 1 saturated heterocycles. The van der Waals surface area contributed by atoms with E-state index in [1.807, 2.05) is 0 Å². The highest BCUT2D eigenvalue weighted by Gasteiger charge is 2.29. The lowest BCUT2D eigenvalue weighted by Gasteiger charge is -2.33. The molecule has 0 saturated carbocycles. The van der Waals surface area contributed by atoms with Crippen LogP contribution in [0.25, 0.3) is 0 Å². The van der Waals surface area contributed by atoms with E-state index in [-0.39, 0.29) is 10.6 Å². The van der Waals surface area contributed by atoms with Crippen LogP contribution in [0.5, 0.6) is 0 Å². The van der Waals surface area contributed by atoms with Gasteiger partial charge in [-0.1, -0.05) is 6.07 Å². The number of nitro groups is 1. The fraction of sp³-hybridized carbons (Fsp3) is 0.467. The van der Waals surface area contributed by atoms with Gasteiger partial charge in [0.05, 0.1) is 9.82 Å². The summed E-state index contributed by atoms with van der Waals surface area (Å²) < 4.78 is 32.1. The van der Waals surface area contributed by atoms with Gasteiger partial charge in [0.1, 0.15) is 0 Å². The minimum Gasteiger partial charge on any atom is -0.426 e. The first-order valence-corrected chi connectivity index (χ1v) is 9.56. The third kappa shape index (κ3) is 4.06. The van der Waals surface area contributed by atoms with E-state index in [1.54, 1.807) is 6.92 Å². The van der Waals surface area contributed by atoms with E-state index in [1.165, 1.54) is 22.5 Å². The maximum atomic E-state index is 12.7. The Kier molecular flexibility index (Phi) is 5.30. The first-order chi connectivity index (χ1) is 12.4. The molecule has 1 fully saturated rings. The van der Waals surface area contributed by atoms with Gasteiger partial charge in [-0.25, -0.2) is 8.42 Å². The van der Waals surface area contributed by atoms with Crippen LogP contribution < -0.4 is 0 Å². The van der Waals surface area contributed by atoms with Crippen LogP contribution in [0.3, 0.4) is 0 Å². The van der Waals surface area contributed by atoms with Gasteiger partial charge < -0.3 is 9.32 Å². The zero-order chi connectivity index (χ0) is 18.7. The number of aryl methyl sites for hydroxylation is 1. The summed E-state index contributed by atoms with van der Waals surface area (Å²) in [5, 5.41) is 18.6. The summed E-state index contributed by atoms with van der Waals surface area (Å²) in [5.74, 6) is 1.09. The highest BCUT2D eigenvalue weighted by molar-refractivity contribution is 7.89. The molecule has 3 rings (SSSR count). The molecule has 1 aromatic carbocycles. The van der Waals surface area contributed by atoms with Crippen LogP contribution in [0.4, 0.5) is 5.69 Å². The zero-order valence-corrected chi connectivity index (χ0v) is 15.1. The Morgan fingerprint density at radius 3 is 2.58 bits per heavy atom. The van der Waals surface area contributed by atoms with Crippen molar-refractivity contribution in [3.63, 3.8) is 0 Å². The minimum atomic E-state index is -3.74. The molecule has 11 heteroatoms. The Morgan fingerprint density at radius 2 is 1.96 bits per heavy atom. The summed E-state index contributed by atoms with van der Waals surface area (Å²) in [4.78, 5) is 12.3. The fourth-order valence-electron chi connectivity index (χ4n) is 2.79. The van der Waals surface area contributed by atoms with Gasteiger partial charge in [0.2, 0.25) is 21.8 Å². The first-order valence-electron chi connectivity index (χ1n) is 8.12. The van der Waals surface area contributed by atoms with Crippen LogP contribution in [0.2, 0.25) is 0 Å². The zero-order valence-electron chi connectivity index (χ0n) is 14.2. The van der Waals surface area contributed by atoms with Crippen molar-refractivity contribution in [2.24, 2.45) is 0 Å². The Hall–Kier alpha value is -2.37. The number of sulfonamides is 1. The molecule has 1 aliphatic rings. The number of hydrogen-bond acceptors (Lipinski definition) is 8. The number of hydrogen-bond donors (Lipinski definition) is 0. The van der Waals surface area contributed by atoms with Crippen molar-refractivity contribution in [3.8, 4) is 0 Å². The normalized spacial score (nSPS) is 16.7. The second-order valence-corrected chi connectivity index (χ2v) is 7.90. The van der Waals surface area contributed by atoms with Gasteiger partial charge in [0, 0.05) is 58.2 Å². The van der Waals surface area contributed by atoms with Crippen molar-refractivity contribution < 1.29 is 17.8 Å². The van der Waals surface area contributed by atoms with Gasteiger partial charge >= 0.3 is 0 Å². The molecule has 26 heavy (non-hydrogen) atoms. The number of benzene rings is 1. The van der Waals surface area contributed by atoms with Crippen LogP contribution in [-0.2, 0) is 16.4 Å². The smallest absolute Gasteiger partial charge is 0.270 e.